The molecule has 0 aromatic heterocycles. The van der Waals surface area contributed by atoms with Crippen LogP contribution in [0, 0.1) is 21.3 Å². The summed E-state index contributed by atoms with van der Waals surface area (Å²) < 4.78 is 24.1. The lowest BCUT2D eigenvalue weighted by Gasteiger charge is -2.20. The van der Waals surface area contributed by atoms with Crippen LogP contribution in [0.3, 0.4) is 0 Å². The van der Waals surface area contributed by atoms with Crippen molar-refractivity contribution in [2.45, 2.75) is 39.5 Å². The molecule has 2 atom stereocenters. The normalized spacial score (nSPS) is 21.0. The number of nitro groups is 1. The van der Waals surface area contributed by atoms with Crippen molar-refractivity contribution in [2.24, 2.45) is 5.41 Å². The molecule has 7 nitrogen and oxygen atoms in total. The molecule has 0 spiro atoms. The van der Waals surface area contributed by atoms with E-state index in [9.17, 15) is 19.3 Å². The molecule has 1 aliphatic heterocycles. The lowest BCUT2D eigenvalue weighted by Crippen LogP contribution is -2.33. The summed E-state index contributed by atoms with van der Waals surface area (Å²) in [4.78, 5) is 22.1. The number of nitro benzene ring substituents is 1. The van der Waals surface area contributed by atoms with Crippen molar-refractivity contribution >= 4 is 11.7 Å². The van der Waals surface area contributed by atoms with Gasteiger partial charge in [-0.05, 0) is 26.8 Å². The number of nitrogens with zero attached hydrogens (tertiary/aromatic N) is 1. The molecule has 0 radical (unpaired) electrons. The molecule has 1 fully saturated rings. The SMILES string of the molecule is CC(C)(C)C(=O)OC1C[C@H](Oc2cc(F)ccc2[N+](=O)[O-])CN1. The second kappa shape index (κ2) is 6.49. The van der Waals surface area contributed by atoms with Crippen molar-refractivity contribution in [3.8, 4) is 5.75 Å². The van der Waals surface area contributed by atoms with E-state index in [0.29, 0.717) is 13.0 Å². The summed E-state index contributed by atoms with van der Waals surface area (Å²) in [6, 6.07) is 3.04. The summed E-state index contributed by atoms with van der Waals surface area (Å²) in [7, 11) is 0. The molecule has 1 unspecified atom stereocenters. The summed E-state index contributed by atoms with van der Waals surface area (Å²) in [5.74, 6) is -1.11. The van der Waals surface area contributed by atoms with Crippen molar-refractivity contribution < 1.29 is 23.6 Å². The summed E-state index contributed by atoms with van der Waals surface area (Å²) in [6.07, 6.45) is -0.650. The van der Waals surface area contributed by atoms with E-state index in [1.807, 2.05) is 0 Å². The highest BCUT2D eigenvalue weighted by Gasteiger charge is 2.33. The smallest absolute Gasteiger partial charge is 0.312 e. The van der Waals surface area contributed by atoms with Crippen LogP contribution in [0.4, 0.5) is 10.1 Å². The maximum absolute atomic E-state index is 13.3. The molecule has 2 rings (SSSR count). The summed E-state index contributed by atoms with van der Waals surface area (Å²) in [5.41, 5.74) is -0.927. The molecule has 1 saturated heterocycles. The molecule has 0 bridgehead atoms. The number of hydrogen-bond donors (Lipinski definition) is 1. The topological polar surface area (TPSA) is 90.7 Å². The van der Waals surface area contributed by atoms with Gasteiger partial charge in [0.2, 0.25) is 0 Å². The van der Waals surface area contributed by atoms with Gasteiger partial charge in [-0.25, -0.2) is 4.39 Å². The Labute approximate surface area is 132 Å². The Bertz CT molecular complexity index is 614. The minimum absolute atomic E-state index is 0.135. The van der Waals surface area contributed by atoms with E-state index < -0.39 is 28.5 Å². The van der Waals surface area contributed by atoms with E-state index in [4.69, 9.17) is 9.47 Å². The van der Waals surface area contributed by atoms with Crippen LogP contribution < -0.4 is 10.1 Å². The zero-order valence-electron chi connectivity index (χ0n) is 13.2. The molecule has 1 aromatic carbocycles. The zero-order valence-corrected chi connectivity index (χ0v) is 13.2. The number of carbonyl (C=O) groups is 1. The number of carbonyl (C=O) groups excluding carboxylic acids is 1. The van der Waals surface area contributed by atoms with Gasteiger partial charge in [0.1, 0.15) is 11.9 Å². The molecule has 0 aliphatic carbocycles. The third kappa shape index (κ3) is 4.38. The van der Waals surface area contributed by atoms with Gasteiger partial charge >= 0.3 is 11.7 Å². The van der Waals surface area contributed by atoms with Gasteiger partial charge in [0.05, 0.1) is 10.3 Å². The maximum atomic E-state index is 13.3. The maximum Gasteiger partial charge on any atom is 0.312 e. The van der Waals surface area contributed by atoms with E-state index in [2.05, 4.69) is 5.32 Å². The number of benzene rings is 1. The van der Waals surface area contributed by atoms with Crippen LogP contribution in [0.5, 0.6) is 5.75 Å². The molecule has 8 heteroatoms. The predicted octanol–water partition coefficient (Wildman–Crippen LogP) is 2.39. The molecule has 1 aromatic rings. The monoisotopic (exact) mass is 326 g/mol. The lowest BCUT2D eigenvalue weighted by molar-refractivity contribution is -0.386. The van der Waals surface area contributed by atoms with Crippen molar-refractivity contribution in [1.29, 1.82) is 0 Å². The molecular weight excluding hydrogens is 307 g/mol. The van der Waals surface area contributed by atoms with Gasteiger partial charge in [-0.1, -0.05) is 0 Å². The fraction of sp³-hybridized carbons (Fsp3) is 0.533. The standard InChI is InChI=1S/C15H19FN2O5/c1-15(2,3)14(19)23-13-7-10(8-17-13)22-12-6-9(16)4-5-11(12)18(20)21/h4-6,10,13,17H,7-8H2,1-3H3/t10-,13?/m0/s1. The van der Waals surface area contributed by atoms with Gasteiger partial charge in [0.15, 0.2) is 12.0 Å². The highest BCUT2D eigenvalue weighted by atomic mass is 19.1. The van der Waals surface area contributed by atoms with Crippen molar-refractivity contribution in [3.05, 3.63) is 34.1 Å². The summed E-state index contributed by atoms with van der Waals surface area (Å²) >= 11 is 0. The van der Waals surface area contributed by atoms with Crippen LogP contribution in [-0.4, -0.2) is 29.8 Å². The van der Waals surface area contributed by atoms with Gasteiger partial charge < -0.3 is 9.47 Å². The third-order valence-corrected chi connectivity index (χ3v) is 3.32. The lowest BCUT2D eigenvalue weighted by atomic mass is 9.97. The van der Waals surface area contributed by atoms with Gasteiger partial charge in [0.25, 0.3) is 0 Å². The Morgan fingerprint density at radius 1 is 1.43 bits per heavy atom. The third-order valence-electron chi connectivity index (χ3n) is 3.32. The molecule has 1 aliphatic rings. The van der Waals surface area contributed by atoms with E-state index in [0.717, 1.165) is 18.2 Å². The summed E-state index contributed by atoms with van der Waals surface area (Å²) in [5, 5.41) is 13.9. The minimum Gasteiger partial charge on any atom is -0.482 e. The number of ether oxygens (including phenoxy) is 2. The van der Waals surface area contributed by atoms with Crippen LogP contribution in [0.15, 0.2) is 18.2 Å². The van der Waals surface area contributed by atoms with Crippen molar-refractivity contribution in [3.63, 3.8) is 0 Å². The fourth-order valence-corrected chi connectivity index (χ4v) is 2.07. The molecule has 0 amide bonds. The number of hydrogen-bond acceptors (Lipinski definition) is 6. The second-order valence-electron chi connectivity index (χ2n) is 6.40. The first kappa shape index (κ1) is 17.1. The quantitative estimate of drug-likeness (QED) is 0.519. The van der Waals surface area contributed by atoms with Gasteiger partial charge in [-0.2, -0.15) is 0 Å². The van der Waals surface area contributed by atoms with E-state index in [1.54, 1.807) is 20.8 Å². The van der Waals surface area contributed by atoms with Crippen molar-refractivity contribution in [1.82, 2.24) is 5.32 Å². The molecule has 0 saturated carbocycles. The summed E-state index contributed by atoms with van der Waals surface area (Å²) in [6.45, 7) is 5.58. The Morgan fingerprint density at radius 3 is 2.74 bits per heavy atom. The molecule has 1 heterocycles. The van der Waals surface area contributed by atoms with Crippen molar-refractivity contribution in [2.75, 3.05) is 6.54 Å². The highest BCUT2D eigenvalue weighted by molar-refractivity contribution is 5.75. The molecule has 126 valence electrons. The average Bonchev–Trinajstić information content (AvgIpc) is 2.84. The van der Waals surface area contributed by atoms with Crippen LogP contribution in [0.25, 0.3) is 0 Å². The first-order chi connectivity index (χ1) is 10.7. The Morgan fingerprint density at radius 2 is 2.13 bits per heavy atom. The van der Waals surface area contributed by atoms with Gasteiger partial charge in [-0.3, -0.25) is 20.2 Å². The van der Waals surface area contributed by atoms with Crippen LogP contribution in [0.1, 0.15) is 27.2 Å². The Hall–Kier alpha value is -2.22. The number of esters is 1. The van der Waals surface area contributed by atoms with E-state index >= 15 is 0 Å². The largest absolute Gasteiger partial charge is 0.482 e. The molecule has 23 heavy (non-hydrogen) atoms. The fourth-order valence-electron chi connectivity index (χ4n) is 2.07. The highest BCUT2D eigenvalue weighted by Crippen LogP contribution is 2.30. The first-order valence-electron chi connectivity index (χ1n) is 7.22. The first-order valence-corrected chi connectivity index (χ1v) is 7.22. The number of nitrogens with one attached hydrogen (secondary N) is 1. The van der Waals surface area contributed by atoms with Crippen LogP contribution >= 0.6 is 0 Å². The van der Waals surface area contributed by atoms with Gasteiger partial charge in [0, 0.05) is 25.1 Å². The van der Waals surface area contributed by atoms with E-state index in [-0.39, 0.29) is 17.4 Å². The number of rotatable bonds is 4. The number of halogens is 1. The Kier molecular flexibility index (Phi) is 4.84. The average molecular weight is 326 g/mol. The van der Waals surface area contributed by atoms with Gasteiger partial charge in [-0.15, -0.1) is 0 Å². The predicted molar refractivity (Wildman–Crippen MR) is 79.4 cm³/mol. The second-order valence-corrected chi connectivity index (χ2v) is 6.40. The minimum atomic E-state index is -0.631. The zero-order chi connectivity index (χ0) is 17.2. The molecular formula is C15H19FN2O5. The van der Waals surface area contributed by atoms with Crippen LogP contribution in [-0.2, 0) is 9.53 Å². The van der Waals surface area contributed by atoms with E-state index in [1.165, 1.54) is 0 Å². The van der Waals surface area contributed by atoms with Crippen LogP contribution in [0.2, 0.25) is 0 Å². The Balaban J connectivity index is 2.00. The molecule has 1 N–H and O–H groups in total.